The zero-order valence-corrected chi connectivity index (χ0v) is 17.9. The van der Waals surface area contributed by atoms with Crippen LogP contribution in [0.3, 0.4) is 0 Å². The van der Waals surface area contributed by atoms with Gasteiger partial charge in [-0.05, 0) is 71.8 Å². The first kappa shape index (κ1) is 21.7. The van der Waals surface area contributed by atoms with Crippen LogP contribution >= 0.6 is 0 Å². The van der Waals surface area contributed by atoms with Gasteiger partial charge in [0.1, 0.15) is 0 Å². The average molecular weight is 430 g/mol. The maximum Gasteiger partial charge on any atom is 0.338 e. The van der Waals surface area contributed by atoms with Gasteiger partial charge in [-0.3, -0.25) is 9.78 Å². The van der Waals surface area contributed by atoms with E-state index in [9.17, 15) is 9.59 Å². The number of rotatable bonds is 7. The summed E-state index contributed by atoms with van der Waals surface area (Å²) in [7, 11) is 0. The van der Waals surface area contributed by atoms with Gasteiger partial charge in [0.05, 0.1) is 12.2 Å². The van der Waals surface area contributed by atoms with E-state index in [0.717, 1.165) is 29.5 Å². The smallest absolute Gasteiger partial charge is 0.338 e. The zero-order chi connectivity index (χ0) is 22.3. The van der Waals surface area contributed by atoms with Crippen LogP contribution in [-0.4, -0.2) is 23.5 Å². The number of esters is 1. The quantitative estimate of drug-likeness (QED) is 0.526. The van der Waals surface area contributed by atoms with Gasteiger partial charge in [0, 0.05) is 30.2 Å². The molecule has 1 heterocycles. The molecule has 0 saturated heterocycles. The molecule has 0 bridgehead atoms. The summed E-state index contributed by atoms with van der Waals surface area (Å²) in [5.41, 5.74) is 10.1. The Morgan fingerprint density at radius 2 is 1.78 bits per heavy atom. The van der Waals surface area contributed by atoms with Crippen LogP contribution in [0.25, 0.3) is 11.1 Å². The number of carbonyl (C=O) groups is 2. The maximum absolute atomic E-state index is 12.7. The highest BCUT2D eigenvalue weighted by Gasteiger charge is 2.18. The summed E-state index contributed by atoms with van der Waals surface area (Å²) in [4.78, 5) is 29.3. The largest absolute Gasteiger partial charge is 0.462 e. The van der Waals surface area contributed by atoms with Gasteiger partial charge in [-0.2, -0.15) is 0 Å². The number of amides is 1. The molecule has 164 valence electrons. The topological polar surface area (TPSA) is 94.3 Å². The number of nitrogens with zero attached hydrogens (tertiary/aromatic N) is 1. The Labute approximate surface area is 187 Å². The molecule has 0 atom stereocenters. The molecule has 1 aromatic heterocycles. The number of nitrogens with two attached hydrogens (primary N) is 1. The summed E-state index contributed by atoms with van der Waals surface area (Å²) in [5, 5.41) is 2.86. The van der Waals surface area contributed by atoms with Crippen molar-refractivity contribution >= 4 is 17.6 Å². The van der Waals surface area contributed by atoms with Crippen molar-refractivity contribution in [2.24, 2.45) is 11.7 Å². The predicted molar refractivity (Wildman–Crippen MR) is 124 cm³/mol. The molecule has 0 radical (unpaired) electrons. The Morgan fingerprint density at radius 3 is 2.53 bits per heavy atom. The van der Waals surface area contributed by atoms with E-state index in [1.54, 1.807) is 42.7 Å². The molecule has 2 aromatic carbocycles. The van der Waals surface area contributed by atoms with E-state index in [1.807, 2.05) is 24.3 Å². The van der Waals surface area contributed by atoms with Crippen LogP contribution in [0, 0.1) is 5.92 Å². The molecule has 4 rings (SSSR count). The van der Waals surface area contributed by atoms with Crippen molar-refractivity contribution in [1.29, 1.82) is 0 Å². The third-order valence-corrected chi connectivity index (χ3v) is 5.86. The third kappa shape index (κ3) is 5.21. The van der Waals surface area contributed by atoms with E-state index in [2.05, 4.69) is 10.3 Å². The van der Waals surface area contributed by atoms with E-state index in [-0.39, 0.29) is 11.9 Å². The van der Waals surface area contributed by atoms with Crippen LogP contribution in [0.1, 0.15) is 52.0 Å². The molecule has 3 aromatic rings. The number of hydrogen-bond donors (Lipinski definition) is 2. The second-order valence-corrected chi connectivity index (χ2v) is 8.10. The van der Waals surface area contributed by atoms with Crippen LogP contribution in [0.2, 0.25) is 0 Å². The molecule has 1 aliphatic carbocycles. The van der Waals surface area contributed by atoms with Gasteiger partial charge in [0.2, 0.25) is 0 Å². The van der Waals surface area contributed by atoms with Crippen molar-refractivity contribution in [2.45, 2.75) is 32.2 Å². The molecule has 0 spiro atoms. The van der Waals surface area contributed by atoms with Gasteiger partial charge >= 0.3 is 5.97 Å². The molecule has 0 aliphatic heterocycles. The first-order valence-electron chi connectivity index (χ1n) is 11.0. The highest BCUT2D eigenvalue weighted by molar-refractivity contribution is 6.05. The highest BCUT2D eigenvalue weighted by Crippen LogP contribution is 2.28. The monoisotopic (exact) mass is 429 g/mol. The first-order chi connectivity index (χ1) is 15.6. The van der Waals surface area contributed by atoms with Crippen LogP contribution in [0.15, 0.2) is 67.0 Å². The van der Waals surface area contributed by atoms with E-state index < -0.39 is 0 Å². The molecular weight excluding hydrogens is 402 g/mol. The van der Waals surface area contributed by atoms with Gasteiger partial charge in [0.15, 0.2) is 0 Å². The van der Waals surface area contributed by atoms with Crippen LogP contribution < -0.4 is 11.1 Å². The average Bonchev–Trinajstić information content (AvgIpc) is 3.36. The third-order valence-electron chi connectivity index (χ3n) is 5.86. The molecule has 1 saturated carbocycles. The molecule has 1 fully saturated rings. The standard InChI is InChI=1S/C26H27N3O3/c27-16-22-9-8-20(25(30)29-23-10-12-28-13-11-23)15-24(22)19-6-3-7-21(14-19)26(31)32-17-18-4-1-2-5-18/h3,6-15,18H,1-2,4-5,16-17,27H2,(H,28,29,30). The van der Waals surface area contributed by atoms with Gasteiger partial charge in [-0.1, -0.05) is 31.0 Å². The summed E-state index contributed by atoms with van der Waals surface area (Å²) < 4.78 is 5.55. The maximum atomic E-state index is 12.7. The number of benzene rings is 2. The fraction of sp³-hybridized carbons (Fsp3) is 0.269. The fourth-order valence-electron chi connectivity index (χ4n) is 4.07. The van der Waals surface area contributed by atoms with E-state index in [1.165, 1.54) is 12.8 Å². The van der Waals surface area contributed by atoms with Crippen molar-refractivity contribution < 1.29 is 14.3 Å². The lowest BCUT2D eigenvalue weighted by Crippen LogP contribution is -2.13. The summed E-state index contributed by atoms with van der Waals surface area (Å²) in [6, 6.07) is 16.2. The number of carbonyl (C=O) groups excluding carboxylic acids is 2. The van der Waals surface area contributed by atoms with Gasteiger partial charge < -0.3 is 15.8 Å². The minimum absolute atomic E-state index is 0.229. The Balaban J connectivity index is 1.55. The lowest BCUT2D eigenvalue weighted by atomic mass is 9.95. The lowest BCUT2D eigenvalue weighted by molar-refractivity contribution is 0.0442. The molecule has 6 nitrogen and oxygen atoms in total. The molecule has 32 heavy (non-hydrogen) atoms. The minimum Gasteiger partial charge on any atom is -0.462 e. The molecule has 3 N–H and O–H groups in total. The molecule has 1 amide bonds. The highest BCUT2D eigenvalue weighted by atomic mass is 16.5. The number of nitrogens with one attached hydrogen (secondary N) is 1. The second-order valence-electron chi connectivity index (χ2n) is 8.10. The van der Waals surface area contributed by atoms with Crippen molar-refractivity contribution in [3.63, 3.8) is 0 Å². The normalized spacial score (nSPS) is 13.7. The van der Waals surface area contributed by atoms with Crippen molar-refractivity contribution in [2.75, 3.05) is 11.9 Å². The van der Waals surface area contributed by atoms with Crippen LogP contribution in [0.4, 0.5) is 5.69 Å². The summed E-state index contributed by atoms with van der Waals surface area (Å²) >= 11 is 0. The van der Waals surface area contributed by atoms with Crippen LogP contribution in [-0.2, 0) is 11.3 Å². The number of hydrogen-bond acceptors (Lipinski definition) is 5. The Bertz CT molecular complexity index is 1090. The number of anilines is 1. The molecule has 1 aliphatic rings. The second kappa shape index (κ2) is 10.2. The van der Waals surface area contributed by atoms with E-state index in [0.29, 0.717) is 35.9 Å². The Hall–Kier alpha value is -3.51. The summed E-state index contributed by atoms with van der Waals surface area (Å²) in [6.45, 7) is 0.791. The van der Waals surface area contributed by atoms with Crippen molar-refractivity contribution in [1.82, 2.24) is 4.98 Å². The summed E-state index contributed by atoms with van der Waals surface area (Å²) in [6.07, 6.45) is 7.92. The van der Waals surface area contributed by atoms with Crippen molar-refractivity contribution in [3.05, 3.63) is 83.7 Å². The van der Waals surface area contributed by atoms with E-state index >= 15 is 0 Å². The minimum atomic E-state index is -0.320. The van der Waals surface area contributed by atoms with Gasteiger partial charge in [-0.15, -0.1) is 0 Å². The molecule has 6 heteroatoms. The Morgan fingerprint density at radius 1 is 1.00 bits per heavy atom. The number of aromatic nitrogens is 1. The van der Waals surface area contributed by atoms with Gasteiger partial charge in [-0.25, -0.2) is 4.79 Å². The number of ether oxygens (including phenoxy) is 1. The Kier molecular flexibility index (Phi) is 6.92. The lowest BCUT2D eigenvalue weighted by Gasteiger charge is -2.13. The zero-order valence-electron chi connectivity index (χ0n) is 17.9. The molecule has 0 unspecified atom stereocenters. The first-order valence-corrected chi connectivity index (χ1v) is 11.0. The SMILES string of the molecule is NCc1ccc(C(=O)Nc2ccncc2)cc1-c1cccc(C(=O)OCC2CCCC2)c1. The van der Waals surface area contributed by atoms with Crippen molar-refractivity contribution in [3.8, 4) is 11.1 Å². The predicted octanol–water partition coefficient (Wildman–Crippen LogP) is 4.81. The summed E-state index contributed by atoms with van der Waals surface area (Å²) in [5.74, 6) is -0.0747. The fourth-order valence-corrected chi connectivity index (χ4v) is 4.07. The van der Waals surface area contributed by atoms with E-state index in [4.69, 9.17) is 10.5 Å². The van der Waals surface area contributed by atoms with Gasteiger partial charge in [0.25, 0.3) is 5.91 Å². The number of pyridine rings is 1. The van der Waals surface area contributed by atoms with Crippen LogP contribution in [0.5, 0.6) is 0 Å². The molecular formula is C26H27N3O3.